The van der Waals surface area contributed by atoms with E-state index in [1.54, 1.807) is 0 Å². The van der Waals surface area contributed by atoms with Gasteiger partial charge in [0.05, 0.1) is 0 Å². The van der Waals surface area contributed by atoms with Crippen LogP contribution in [0.3, 0.4) is 0 Å². The van der Waals surface area contributed by atoms with E-state index in [1.807, 2.05) is 25.2 Å². The monoisotopic (exact) mass is 176 g/mol. The Kier molecular flexibility index (Phi) is 3.53. The van der Waals surface area contributed by atoms with Crippen LogP contribution in [0.25, 0.3) is 0 Å². The number of hydrogen-bond donors (Lipinski definition) is 1. The van der Waals surface area contributed by atoms with Crippen molar-refractivity contribution >= 4 is 5.69 Å². The number of anilines is 1. The van der Waals surface area contributed by atoms with E-state index < -0.39 is 0 Å². The third-order valence-electron chi connectivity index (χ3n) is 1.95. The molecule has 0 spiro atoms. The molecule has 0 radical (unpaired) electrons. The van der Waals surface area contributed by atoms with Crippen LogP contribution in [0.1, 0.15) is 0 Å². The molecule has 0 atom stereocenters. The first-order chi connectivity index (χ1) is 6.24. The summed E-state index contributed by atoms with van der Waals surface area (Å²) < 4.78 is 0. The topological polar surface area (TPSA) is 29.3 Å². The van der Waals surface area contributed by atoms with Crippen LogP contribution in [0.2, 0.25) is 0 Å². The van der Waals surface area contributed by atoms with E-state index in [2.05, 4.69) is 23.6 Å². The van der Waals surface area contributed by atoms with Crippen LogP contribution in [0.5, 0.6) is 0 Å². The van der Waals surface area contributed by atoms with Gasteiger partial charge >= 0.3 is 0 Å². The predicted molar refractivity (Wildman–Crippen MR) is 57.9 cm³/mol. The average molecular weight is 176 g/mol. The summed E-state index contributed by atoms with van der Waals surface area (Å²) >= 11 is 0. The van der Waals surface area contributed by atoms with E-state index in [0.717, 1.165) is 12.1 Å². The summed E-state index contributed by atoms with van der Waals surface area (Å²) in [5.41, 5.74) is 7.71. The van der Waals surface area contributed by atoms with Crippen LogP contribution in [0.15, 0.2) is 42.5 Å². The first-order valence-electron chi connectivity index (χ1n) is 4.37. The maximum Gasteiger partial charge on any atom is 0.0395 e. The molecule has 0 bridgehead atoms. The van der Waals surface area contributed by atoms with Crippen molar-refractivity contribution in [2.45, 2.75) is 0 Å². The van der Waals surface area contributed by atoms with Gasteiger partial charge < -0.3 is 10.6 Å². The molecule has 0 amide bonds. The number of rotatable bonds is 4. The summed E-state index contributed by atoms with van der Waals surface area (Å²) in [4.78, 5) is 2.13. The molecule has 2 nitrogen and oxygen atoms in total. The molecule has 0 fully saturated rings. The Balaban J connectivity index is 2.59. The van der Waals surface area contributed by atoms with Gasteiger partial charge in [-0.2, -0.15) is 0 Å². The van der Waals surface area contributed by atoms with E-state index in [9.17, 15) is 0 Å². The molecule has 2 N–H and O–H groups in total. The van der Waals surface area contributed by atoms with Gasteiger partial charge in [-0.3, -0.25) is 0 Å². The van der Waals surface area contributed by atoms with Crippen molar-refractivity contribution in [3.05, 3.63) is 42.5 Å². The molecule has 0 unspecified atom stereocenters. The largest absolute Gasteiger partial charge is 0.371 e. The fourth-order valence-electron chi connectivity index (χ4n) is 1.17. The van der Waals surface area contributed by atoms with Crippen molar-refractivity contribution in [1.29, 1.82) is 0 Å². The highest BCUT2D eigenvalue weighted by atomic mass is 15.1. The van der Waals surface area contributed by atoms with Crippen molar-refractivity contribution in [3.8, 4) is 0 Å². The Hall–Kier alpha value is -1.28. The zero-order valence-corrected chi connectivity index (χ0v) is 8.03. The van der Waals surface area contributed by atoms with Gasteiger partial charge in [-0.25, -0.2) is 0 Å². The number of benzene rings is 1. The molecule has 1 aromatic rings. The number of para-hydroxylation sites is 1. The maximum atomic E-state index is 5.47. The van der Waals surface area contributed by atoms with Crippen LogP contribution in [0, 0.1) is 0 Å². The molecule has 13 heavy (non-hydrogen) atoms. The first kappa shape index (κ1) is 9.81. The van der Waals surface area contributed by atoms with Gasteiger partial charge in [0.15, 0.2) is 0 Å². The van der Waals surface area contributed by atoms with Crippen LogP contribution >= 0.6 is 0 Å². The Morgan fingerprint density at radius 1 is 1.38 bits per heavy atom. The Labute approximate surface area is 79.7 Å². The fraction of sp³-hybridized carbons (Fsp3) is 0.273. The van der Waals surface area contributed by atoms with Crippen molar-refractivity contribution in [2.24, 2.45) is 5.73 Å². The Morgan fingerprint density at radius 3 is 2.54 bits per heavy atom. The van der Waals surface area contributed by atoms with Gasteiger partial charge in [-0.15, -0.1) is 0 Å². The first-order valence-corrected chi connectivity index (χ1v) is 4.37. The number of hydrogen-bond acceptors (Lipinski definition) is 2. The third kappa shape index (κ3) is 2.92. The molecule has 0 aliphatic rings. The number of nitrogens with zero attached hydrogens (tertiary/aromatic N) is 1. The molecule has 2 heteroatoms. The minimum Gasteiger partial charge on any atom is -0.371 e. The molecule has 0 saturated heterocycles. The van der Waals surface area contributed by atoms with Crippen LogP contribution in [0.4, 0.5) is 5.69 Å². The SMILES string of the molecule is C=C(CN)CN(C)c1ccccc1. The Bertz CT molecular complexity index is 267. The van der Waals surface area contributed by atoms with Crippen molar-refractivity contribution in [3.63, 3.8) is 0 Å². The van der Waals surface area contributed by atoms with Crippen molar-refractivity contribution < 1.29 is 0 Å². The van der Waals surface area contributed by atoms with Crippen molar-refractivity contribution in [2.75, 3.05) is 25.0 Å². The molecular weight excluding hydrogens is 160 g/mol. The molecular formula is C11H16N2. The second-order valence-corrected chi connectivity index (χ2v) is 3.15. The van der Waals surface area contributed by atoms with Crippen LogP contribution in [-0.2, 0) is 0 Å². The third-order valence-corrected chi connectivity index (χ3v) is 1.95. The second-order valence-electron chi connectivity index (χ2n) is 3.15. The summed E-state index contributed by atoms with van der Waals surface area (Å²) in [6.07, 6.45) is 0. The highest BCUT2D eigenvalue weighted by molar-refractivity contribution is 5.46. The highest BCUT2D eigenvalue weighted by Crippen LogP contribution is 2.11. The van der Waals surface area contributed by atoms with Gasteiger partial charge in [0.2, 0.25) is 0 Å². The van der Waals surface area contributed by atoms with Crippen LogP contribution in [-0.4, -0.2) is 20.1 Å². The van der Waals surface area contributed by atoms with Gasteiger partial charge in [0, 0.05) is 25.8 Å². The molecule has 0 aliphatic heterocycles. The summed E-state index contributed by atoms with van der Waals surface area (Å²) in [5, 5.41) is 0. The zero-order valence-electron chi connectivity index (χ0n) is 8.03. The van der Waals surface area contributed by atoms with Crippen LogP contribution < -0.4 is 10.6 Å². The van der Waals surface area contributed by atoms with Crippen molar-refractivity contribution in [1.82, 2.24) is 0 Å². The van der Waals surface area contributed by atoms with Gasteiger partial charge in [0.25, 0.3) is 0 Å². The predicted octanol–water partition coefficient (Wildman–Crippen LogP) is 1.64. The molecule has 1 rings (SSSR count). The average Bonchev–Trinajstić information content (AvgIpc) is 2.19. The van der Waals surface area contributed by atoms with E-state index in [-0.39, 0.29) is 0 Å². The minimum absolute atomic E-state index is 0.553. The lowest BCUT2D eigenvalue weighted by Gasteiger charge is -2.19. The lowest BCUT2D eigenvalue weighted by molar-refractivity contribution is 0.949. The molecule has 0 aliphatic carbocycles. The molecule has 70 valence electrons. The van der Waals surface area contributed by atoms with Gasteiger partial charge in [-0.05, 0) is 17.7 Å². The lowest BCUT2D eigenvalue weighted by Crippen LogP contribution is -2.22. The molecule has 0 heterocycles. The summed E-state index contributed by atoms with van der Waals surface area (Å²) in [6, 6.07) is 10.2. The fourth-order valence-corrected chi connectivity index (χ4v) is 1.17. The van der Waals surface area contributed by atoms with E-state index in [0.29, 0.717) is 6.54 Å². The number of nitrogens with two attached hydrogens (primary N) is 1. The second kappa shape index (κ2) is 4.67. The standard InChI is InChI=1S/C11H16N2/c1-10(8-12)9-13(2)11-6-4-3-5-7-11/h3-7H,1,8-9,12H2,2H3. The summed E-state index contributed by atoms with van der Waals surface area (Å²) in [6.45, 7) is 5.24. The molecule has 1 aromatic carbocycles. The normalized spacial score (nSPS) is 9.69. The number of likely N-dealkylation sites (N-methyl/N-ethyl adjacent to an activating group) is 1. The van der Waals surface area contributed by atoms with E-state index in [4.69, 9.17) is 5.73 Å². The molecule has 0 saturated carbocycles. The van der Waals surface area contributed by atoms with Gasteiger partial charge in [-0.1, -0.05) is 24.8 Å². The quantitative estimate of drug-likeness (QED) is 0.707. The highest BCUT2D eigenvalue weighted by Gasteiger charge is 1.99. The minimum atomic E-state index is 0.553. The van der Waals surface area contributed by atoms with E-state index >= 15 is 0 Å². The summed E-state index contributed by atoms with van der Waals surface area (Å²) in [7, 11) is 2.04. The maximum absolute atomic E-state index is 5.47. The molecule has 0 aromatic heterocycles. The van der Waals surface area contributed by atoms with Gasteiger partial charge in [0.1, 0.15) is 0 Å². The van der Waals surface area contributed by atoms with E-state index in [1.165, 1.54) is 5.69 Å². The smallest absolute Gasteiger partial charge is 0.0395 e. The lowest BCUT2D eigenvalue weighted by atomic mass is 10.2. The summed E-state index contributed by atoms with van der Waals surface area (Å²) in [5.74, 6) is 0. The Morgan fingerprint density at radius 2 is 2.00 bits per heavy atom. The zero-order chi connectivity index (χ0) is 9.68.